The molecule has 2 aromatic heterocycles. The zero-order chi connectivity index (χ0) is 36.1. The van der Waals surface area contributed by atoms with Crippen molar-refractivity contribution in [2.75, 3.05) is 0 Å². The highest BCUT2D eigenvalue weighted by Gasteiger charge is 2.35. The summed E-state index contributed by atoms with van der Waals surface area (Å²) >= 11 is 0. The summed E-state index contributed by atoms with van der Waals surface area (Å²) in [6.45, 7) is 6.92. The van der Waals surface area contributed by atoms with Crippen LogP contribution in [0.3, 0.4) is 0 Å². The molecule has 0 spiro atoms. The van der Waals surface area contributed by atoms with Crippen LogP contribution in [0.5, 0.6) is 0 Å². The maximum Gasteiger partial charge on any atom is 0.0541 e. The molecule has 2 heteroatoms. The maximum absolute atomic E-state index is 2.44. The molecule has 0 bridgehead atoms. The number of aryl methyl sites for hydroxylation is 1. The average Bonchev–Trinajstić information content (AvgIpc) is 3.80. The third-order valence-electron chi connectivity index (χ3n) is 12.0. The lowest BCUT2D eigenvalue weighted by molar-refractivity contribution is 0.660. The summed E-state index contributed by atoms with van der Waals surface area (Å²) in [6, 6.07) is 65.2. The van der Waals surface area contributed by atoms with E-state index in [9.17, 15) is 0 Å². The van der Waals surface area contributed by atoms with Crippen LogP contribution in [-0.4, -0.2) is 9.13 Å². The molecule has 54 heavy (non-hydrogen) atoms. The highest BCUT2D eigenvalue weighted by atomic mass is 15.0. The van der Waals surface area contributed by atoms with Gasteiger partial charge in [-0.1, -0.05) is 123 Å². The molecule has 0 saturated carbocycles. The fourth-order valence-corrected chi connectivity index (χ4v) is 9.29. The summed E-state index contributed by atoms with van der Waals surface area (Å²) in [7, 11) is 0. The number of fused-ring (bicyclic) bond motifs is 9. The molecule has 0 amide bonds. The van der Waals surface area contributed by atoms with Crippen LogP contribution in [-0.2, 0) is 5.41 Å². The van der Waals surface area contributed by atoms with Crippen molar-refractivity contribution in [3.8, 4) is 44.8 Å². The van der Waals surface area contributed by atoms with Crippen molar-refractivity contribution in [3.05, 3.63) is 193 Å². The van der Waals surface area contributed by atoms with E-state index in [-0.39, 0.29) is 5.41 Å². The lowest BCUT2D eigenvalue weighted by atomic mass is 9.81. The van der Waals surface area contributed by atoms with Crippen LogP contribution in [0.15, 0.2) is 176 Å². The van der Waals surface area contributed by atoms with E-state index in [0.29, 0.717) is 0 Å². The van der Waals surface area contributed by atoms with E-state index < -0.39 is 0 Å². The summed E-state index contributed by atoms with van der Waals surface area (Å²) in [5.74, 6) is 0. The van der Waals surface area contributed by atoms with Crippen LogP contribution in [0.2, 0.25) is 0 Å². The third kappa shape index (κ3) is 4.47. The Kier molecular flexibility index (Phi) is 6.55. The standard InChI is InChI=1S/C52H38N2/c1-33-18-24-46-42(28-33)40-23-19-37(32-47(40)52(46,2)3)36-22-27-51-45(31-36)44-30-35(21-26-50(44)54(51)39-14-8-5-9-15-39)34-20-25-49-43(29-34)41-16-10-11-17-48(41)53(49)38-12-6-4-7-13-38/h4-32H,1-3H3. The molecule has 0 fully saturated rings. The SMILES string of the molecule is Cc1ccc2c(c1)-c1ccc(-c3ccc4c(c3)c3cc(-c5ccc6c(c5)c5ccccc5n6-c5ccccc5)ccc3n4-c3ccccc3)cc1C2(C)C. The lowest BCUT2D eigenvalue weighted by Gasteiger charge is -2.22. The van der Waals surface area contributed by atoms with Crippen molar-refractivity contribution in [3.63, 3.8) is 0 Å². The molecule has 0 aliphatic heterocycles. The minimum absolute atomic E-state index is 0.0504. The summed E-state index contributed by atoms with van der Waals surface area (Å²) in [4.78, 5) is 0. The fraction of sp³-hybridized carbons (Fsp3) is 0.0769. The molecule has 0 atom stereocenters. The van der Waals surface area contributed by atoms with Gasteiger partial charge in [-0.25, -0.2) is 0 Å². The van der Waals surface area contributed by atoms with Crippen LogP contribution in [0, 0.1) is 6.92 Å². The van der Waals surface area contributed by atoms with Gasteiger partial charge in [0.2, 0.25) is 0 Å². The van der Waals surface area contributed by atoms with Gasteiger partial charge < -0.3 is 9.13 Å². The fourth-order valence-electron chi connectivity index (χ4n) is 9.29. The molecule has 0 radical (unpaired) electrons. The Bertz CT molecular complexity index is 3120. The van der Waals surface area contributed by atoms with Crippen molar-refractivity contribution in [2.45, 2.75) is 26.2 Å². The zero-order valence-electron chi connectivity index (χ0n) is 30.6. The summed E-state index contributed by atoms with van der Waals surface area (Å²) < 4.78 is 4.80. The molecule has 1 aliphatic rings. The molecule has 0 N–H and O–H groups in total. The Hall–Kier alpha value is -6.64. The Labute approximate surface area is 315 Å². The molecule has 1 aliphatic carbocycles. The highest BCUT2D eigenvalue weighted by molar-refractivity contribution is 6.13. The summed E-state index contributed by atoms with van der Waals surface area (Å²) in [5, 5.41) is 5.04. The van der Waals surface area contributed by atoms with E-state index in [0.717, 1.165) is 0 Å². The van der Waals surface area contributed by atoms with Crippen LogP contribution < -0.4 is 0 Å². The Balaban J connectivity index is 1.10. The minimum Gasteiger partial charge on any atom is -0.309 e. The van der Waals surface area contributed by atoms with Crippen molar-refractivity contribution in [1.82, 2.24) is 9.13 Å². The van der Waals surface area contributed by atoms with E-state index in [1.54, 1.807) is 0 Å². The van der Waals surface area contributed by atoms with Crippen molar-refractivity contribution in [1.29, 1.82) is 0 Å². The summed E-state index contributed by atoms with van der Waals surface area (Å²) in [6.07, 6.45) is 0. The zero-order valence-corrected chi connectivity index (χ0v) is 30.6. The minimum atomic E-state index is -0.0504. The van der Waals surface area contributed by atoms with Gasteiger partial charge in [-0.15, -0.1) is 0 Å². The van der Waals surface area contributed by atoms with Crippen molar-refractivity contribution in [2.24, 2.45) is 0 Å². The number of benzene rings is 8. The van der Waals surface area contributed by atoms with Gasteiger partial charge in [0.25, 0.3) is 0 Å². The third-order valence-corrected chi connectivity index (χ3v) is 12.0. The second kappa shape index (κ2) is 11.4. The number of hydrogen-bond donors (Lipinski definition) is 0. The van der Waals surface area contributed by atoms with E-state index in [1.807, 2.05) is 0 Å². The smallest absolute Gasteiger partial charge is 0.0541 e. The molecule has 2 nitrogen and oxygen atoms in total. The predicted molar refractivity (Wildman–Crippen MR) is 228 cm³/mol. The van der Waals surface area contributed by atoms with E-state index in [1.165, 1.54) is 105 Å². The predicted octanol–water partition coefficient (Wildman–Crippen LogP) is 13.8. The van der Waals surface area contributed by atoms with Gasteiger partial charge in [0.05, 0.1) is 22.1 Å². The number of hydrogen-bond acceptors (Lipinski definition) is 0. The van der Waals surface area contributed by atoms with Gasteiger partial charge >= 0.3 is 0 Å². The Morgan fingerprint density at radius 2 is 0.815 bits per heavy atom. The monoisotopic (exact) mass is 690 g/mol. The molecule has 0 unspecified atom stereocenters. The molecule has 10 aromatic rings. The number of para-hydroxylation sites is 3. The molecule has 11 rings (SSSR count). The van der Waals surface area contributed by atoms with Gasteiger partial charge in [-0.2, -0.15) is 0 Å². The van der Waals surface area contributed by atoms with E-state index in [2.05, 4.69) is 206 Å². The first-order chi connectivity index (χ1) is 26.4. The largest absolute Gasteiger partial charge is 0.309 e. The average molecular weight is 691 g/mol. The van der Waals surface area contributed by atoms with Gasteiger partial charge in [0.1, 0.15) is 0 Å². The Morgan fingerprint density at radius 3 is 1.39 bits per heavy atom. The number of rotatable bonds is 4. The van der Waals surface area contributed by atoms with Gasteiger partial charge in [0, 0.05) is 38.3 Å². The van der Waals surface area contributed by atoms with Crippen LogP contribution >= 0.6 is 0 Å². The maximum atomic E-state index is 2.44. The van der Waals surface area contributed by atoms with Crippen molar-refractivity contribution < 1.29 is 0 Å². The lowest BCUT2D eigenvalue weighted by Crippen LogP contribution is -2.15. The normalized spacial score (nSPS) is 13.2. The quantitative estimate of drug-likeness (QED) is 0.174. The van der Waals surface area contributed by atoms with Crippen LogP contribution in [0.25, 0.3) is 88.4 Å². The molecule has 8 aromatic carbocycles. The van der Waals surface area contributed by atoms with E-state index >= 15 is 0 Å². The first-order valence-electron chi connectivity index (χ1n) is 18.9. The first-order valence-corrected chi connectivity index (χ1v) is 18.9. The molecular formula is C52H38N2. The second-order valence-electron chi connectivity index (χ2n) is 15.5. The number of nitrogens with zero attached hydrogens (tertiary/aromatic N) is 2. The molecule has 0 saturated heterocycles. The van der Waals surface area contributed by atoms with Gasteiger partial charge in [-0.05, 0) is 124 Å². The molecular weight excluding hydrogens is 653 g/mol. The first kappa shape index (κ1) is 30.9. The van der Waals surface area contributed by atoms with Crippen LogP contribution in [0.1, 0.15) is 30.5 Å². The Morgan fingerprint density at radius 1 is 0.352 bits per heavy atom. The topological polar surface area (TPSA) is 9.86 Å². The van der Waals surface area contributed by atoms with Crippen molar-refractivity contribution >= 4 is 43.6 Å². The van der Waals surface area contributed by atoms with Crippen LogP contribution in [0.4, 0.5) is 0 Å². The second-order valence-corrected chi connectivity index (χ2v) is 15.5. The molecule has 256 valence electrons. The highest BCUT2D eigenvalue weighted by Crippen LogP contribution is 2.50. The molecule has 2 heterocycles. The van der Waals surface area contributed by atoms with E-state index in [4.69, 9.17) is 0 Å². The van der Waals surface area contributed by atoms with Gasteiger partial charge in [-0.3, -0.25) is 0 Å². The summed E-state index contributed by atoms with van der Waals surface area (Å²) in [5.41, 5.74) is 18.9. The number of aromatic nitrogens is 2. The van der Waals surface area contributed by atoms with Gasteiger partial charge in [0.15, 0.2) is 0 Å².